The molecule has 1 aliphatic rings. The second kappa shape index (κ2) is 8.94. The van der Waals surface area contributed by atoms with Crippen LogP contribution in [0.3, 0.4) is 0 Å². The highest BCUT2D eigenvalue weighted by molar-refractivity contribution is 7.10. The zero-order valence-electron chi connectivity index (χ0n) is 15.2. The second-order valence-corrected chi connectivity index (χ2v) is 7.54. The fourth-order valence-corrected chi connectivity index (χ4v) is 4.28. The van der Waals surface area contributed by atoms with Gasteiger partial charge in [-0.25, -0.2) is 0 Å². The van der Waals surface area contributed by atoms with Crippen molar-refractivity contribution in [3.8, 4) is 0 Å². The summed E-state index contributed by atoms with van der Waals surface area (Å²) in [5.41, 5.74) is 5.53. The van der Waals surface area contributed by atoms with Gasteiger partial charge in [0.05, 0.1) is 24.7 Å². The molecule has 0 aliphatic carbocycles. The van der Waals surface area contributed by atoms with E-state index in [0.717, 1.165) is 39.1 Å². The summed E-state index contributed by atoms with van der Waals surface area (Å²) in [6.45, 7) is 8.56. The number of morpholine rings is 1. The molecule has 24 heavy (non-hydrogen) atoms. The van der Waals surface area contributed by atoms with Gasteiger partial charge in [-0.15, -0.1) is 11.3 Å². The molecule has 1 aromatic heterocycles. The van der Waals surface area contributed by atoms with Crippen LogP contribution in [-0.4, -0.2) is 62.1 Å². The van der Waals surface area contributed by atoms with Gasteiger partial charge in [0.15, 0.2) is 0 Å². The fourth-order valence-electron chi connectivity index (χ4n) is 3.43. The summed E-state index contributed by atoms with van der Waals surface area (Å²) >= 11 is 1.76. The molecular weight excluding hydrogens is 322 g/mol. The third-order valence-electron chi connectivity index (χ3n) is 5.35. The van der Waals surface area contributed by atoms with Crippen LogP contribution < -0.4 is 5.73 Å². The molecule has 0 spiro atoms. The van der Waals surface area contributed by atoms with E-state index in [9.17, 15) is 4.79 Å². The maximum atomic E-state index is 13.1. The van der Waals surface area contributed by atoms with Gasteiger partial charge in [0.25, 0.3) is 0 Å². The molecule has 2 heterocycles. The highest BCUT2D eigenvalue weighted by Gasteiger charge is 2.37. The molecule has 0 bridgehead atoms. The van der Waals surface area contributed by atoms with Crippen molar-refractivity contribution in [2.75, 3.05) is 46.4 Å². The fraction of sp³-hybridized carbons (Fsp3) is 0.722. The number of rotatable bonds is 8. The maximum absolute atomic E-state index is 13.1. The molecule has 1 aromatic rings. The molecule has 0 saturated carbocycles. The Kier molecular flexibility index (Phi) is 7.22. The number of nitrogens with two attached hydrogens (primary N) is 1. The number of ether oxygens (including phenoxy) is 1. The summed E-state index contributed by atoms with van der Waals surface area (Å²) in [4.78, 5) is 18.7. The predicted octanol–water partition coefficient (Wildman–Crippen LogP) is 2.34. The molecule has 5 nitrogen and oxygen atoms in total. The summed E-state index contributed by atoms with van der Waals surface area (Å²) in [7, 11) is 1.92. The van der Waals surface area contributed by atoms with Crippen LogP contribution in [0.15, 0.2) is 17.5 Å². The van der Waals surface area contributed by atoms with Crippen LogP contribution >= 0.6 is 11.3 Å². The van der Waals surface area contributed by atoms with Crippen LogP contribution in [0.1, 0.15) is 37.6 Å². The highest BCUT2D eigenvalue weighted by Crippen LogP contribution is 2.31. The predicted molar refractivity (Wildman–Crippen MR) is 99.2 cm³/mol. The highest BCUT2D eigenvalue weighted by atomic mass is 32.1. The van der Waals surface area contributed by atoms with Crippen LogP contribution in [0.5, 0.6) is 0 Å². The van der Waals surface area contributed by atoms with E-state index in [2.05, 4.69) is 36.3 Å². The average molecular weight is 354 g/mol. The van der Waals surface area contributed by atoms with Gasteiger partial charge in [0.2, 0.25) is 5.91 Å². The van der Waals surface area contributed by atoms with E-state index in [1.165, 1.54) is 4.88 Å². The number of nitrogens with zero attached hydrogens (tertiary/aromatic N) is 2. The Morgan fingerprint density at radius 3 is 2.58 bits per heavy atom. The largest absolute Gasteiger partial charge is 0.379 e. The van der Waals surface area contributed by atoms with Crippen molar-refractivity contribution in [1.82, 2.24) is 9.80 Å². The van der Waals surface area contributed by atoms with Crippen LogP contribution in [0, 0.1) is 5.41 Å². The molecule has 0 aromatic carbocycles. The van der Waals surface area contributed by atoms with Gasteiger partial charge >= 0.3 is 0 Å². The van der Waals surface area contributed by atoms with Gasteiger partial charge in [-0.2, -0.15) is 0 Å². The van der Waals surface area contributed by atoms with E-state index in [-0.39, 0.29) is 11.9 Å². The molecule has 1 amide bonds. The molecule has 1 saturated heterocycles. The van der Waals surface area contributed by atoms with Gasteiger partial charge in [0, 0.05) is 38.1 Å². The first kappa shape index (κ1) is 19.4. The molecule has 1 aliphatic heterocycles. The number of likely N-dealkylation sites (N-methyl/N-ethyl adjacent to an activating group) is 1. The van der Waals surface area contributed by atoms with Gasteiger partial charge in [-0.3, -0.25) is 9.69 Å². The monoisotopic (exact) mass is 353 g/mol. The summed E-state index contributed by atoms with van der Waals surface area (Å²) in [6.07, 6.45) is 1.56. The maximum Gasteiger partial charge on any atom is 0.229 e. The molecule has 136 valence electrons. The van der Waals surface area contributed by atoms with Gasteiger partial charge in [0.1, 0.15) is 0 Å². The Morgan fingerprint density at radius 2 is 2.08 bits per heavy atom. The SMILES string of the molecule is CCC(CC)(CN)C(=O)N(C)CC(c1cccs1)N1CCOCC1. The minimum Gasteiger partial charge on any atom is -0.379 e. The third-order valence-corrected chi connectivity index (χ3v) is 6.32. The smallest absolute Gasteiger partial charge is 0.229 e. The summed E-state index contributed by atoms with van der Waals surface area (Å²) in [5.74, 6) is 0.171. The molecule has 6 heteroatoms. The van der Waals surface area contributed by atoms with E-state index in [1.54, 1.807) is 11.3 Å². The van der Waals surface area contributed by atoms with Crippen LogP contribution in [0.25, 0.3) is 0 Å². The normalized spacial score (nSPS) is 17.7. The number of thiophene rings is 1. The third kappa shape index (κ3) is 4.17. The number of hydrogen-bond donors (Lipinski definition) is 1. The zero-order valence-corrected chi connectivity index (χ0v) is 16.0. The topological polar surface area (TPSA) is 58.8 Å². The van der Waals surface area contributed by atoms with E-state index in [1.807, 2.05) is 11.9 Å². The Morgan fingerprint density at radius 1 is 1.42 bits per heavy atom. The first-order valence-electron chi connectivity index (χ1n) is 8.88. The van der Waals surface area contributed by atoms with Crippen molar-refractivity contribution < 1.29 is 9.53 Å². The Hall–Kier alpha value is -0.950. The minimum atomic E-state index is -0.431. The first-order chi connectivity index (χ1) is 11.6. The lowest BCUT2D eigenvalue weighted by Crippen LogP contribution is -2.49. The molecule has 2 N–H and O–H groups in total. The molecule has 1 fully saturated rings. The van der Waals surface area contributed by atoms with Crippen LogP contribution in [-0.2, 0) is 9.53 Å². The Balaban J connectivity index is 2.15. The molecule has 1 atom stereocenters. The van der Waals surface area contributed by atoms with E-state index in [4.69, 9.17) is 10.5 Å². The molecular formula is C18H31N3O2S. The zero-order chi connectivity index (χ0) is 17.6. The first-order valence-corrected chi connectivity index (χ1v) is 9.76. The molecule has 2 rings (SSSR count). The van der Waals surface area contributed by atoms with Crippen molar-refractivity contribution in [3.63, 3.8) is 0 Å². The Bertz CT molecular complexity index is 488. The summed E-state index contributed by atoms with van der Waals surface area (Å²) in [6, 6.07) is 4.48. The van der Waals surface area contributed by atoms with Crippen molar-refractivity contribution in [1.29, 1.82) is 0 Å². The number of hydrogen-bond acceptors (Lipinski definition) is 5. The molecule has 1 unspecified atom stereocenters. The summed E-state index contributed by atoms with van der Waals surface area (Å²) < 4.78 is 5.49. The number of carbonyl (C=O) groups excluding carboxylic acids is 1. The van der Waals surface area contributed by atoms with Gasteiger partial charge in [-0.05, 0) is 24.3 Å². The van der Waals surface area contributed by atoms with Gasteiger partial charge < -0.3 is 15.4 Å². The van der Waals surface area contributed by atoms with Crippen LogP contribution in [0.2, 0.25) is 0 Å². The average Bonchev–Trinajstić information content (AvgIpc) is 3.16. The van der Waals surface area contributed by atoms with Crippen molar-refractivity contribution in [2.45, 2.75) is 32.7 Å². The van der Waals surface area contributed by atoms with E-state index in [0.29, 0.717) is 13.1 Å². The lowest BCUT2D eigenvalue weighted by Gasteiger charge is -2.39. The minimum absolute atomic E-state index is 0.171. The van der Waals surface area contributed by atoms with Crippen molar-refractivity contribution in [3.05, 3.63) is 22.4 Å². The quantitative estimate of drug-likeness (QED) is 0.779. The Labute approximate surface area is 149 Å². The molecule has 0 radical (unpaired) electrons. The lowest BCUT2D eigenvalue weighted by molar-refractivity contribution is -0.141. The number of amides is 1. The second-order valence-electron chi connectivity index (χ2n) is 6.56. The van der Waals surface area contributed by atoms with E-state index < -0.39 is 5.41 Å². The van der Waals surface area contributed by atoms with Crippen molar-refractivity contribution >= 4 is 17.2 Å². The van der Waals surface area contributed by atoms with Gasteiger partial charge in [-0.1, -0.05) is 19.9 Å². The van der Waals surface area contributed by atoms with Crippen LogP contribution in [0.4, 0.5) is 0 Å². The standard InChI is InChI=1S/C18H31N3O2S/c1-4-18(5-2,14-19)17(22)20(3)13-15(16-7-6-12-24-16)21-8-10-23-11-9-21/h6-7,12,15H,4-5,8-11,13-14,19H2,1-3H3. The van der Waals surface area contributed by atoms with Crippen molar-refractivity contribution in [2.24, 2.45) is 11.1 Å². The lowest BCUT2D eigenvalue weighted by atomic mass is 9.81. The summed E-state index contributed by atoms with van der Waals surface area (Å²) in [5, 5.41) is 2.10. The number of carbonyl (C=O) groups is 1. The van der Waals surface area contributed by atoms with E-state index >= 15 is 0 Å².